The second-order valence-corrected chi connectivity index (χ2v) is 7.08. The van der Waals surface area contributed by atoms with Crippen LogP contribution in [0.4, 0.5) is 20.2 Å². The largest absolute Gasteiger partial charge is 0.326 e. The van der Waals surface area contributed by atoms with E-state index in [9.17, 15) is 18.4 Å². The number of nitrogens with one attached hydrogen (secondary N) is 2. The summed E-state index contributed by atoms with van der Waals surface area (Å²) in [4.78, 5) is 24.1. The Hall–Kier alpha value is -2.12. The molecule has 4 nitrogen and oxygen atoms in total. The number of hydrogen-bond donors (Lipinski definition) is 2. The molecule has 2 aromatic carbocycles. The van der Waals surface area contributed by atoms with Gasteiger partial charge in [-0.1, -0.05) is 43.3 Å². The Morgan fingerprint density at radius 3 is 2.27 bits per heavy atom. The van der Waals surface area contributed by atoms with E-state index in [1.807, 2.05) is 0 Å². The number of thioether (sulfide) groups is 1. The number of carbonyl (C=O) groups is 2. The zero-order valence-electron chi connectivity index (χ0n) is 14.1. The molecule has 26 heavy (non-hydrogen) atoms. The standard InChI is InChI=1S/C18H17ClF2N2O2S/c1-10(2)16(24)22-12-8-6-11(7-9-12)17(25)23-14-5-3-4-13(19)15(14)26-18(20)21/h3-10,18H,1-2H3,(H,22,24)(H,23,25). The molecule has 0 aliphatic rings. The molecule has 0 bridgehead atoms. The van der Waals surface area contributed by atoms with Crippen LogP contribution in [-0.4, -0.2) is 17.6 Å². The minimum atomic E-state index is -2.66. The van der Waals surface area contributed by atoms with Gasteiger partial charge in [-0.2, -0.15) is 8.78 Å². The highest BCUT2D eigenvalue weighted by Gasteiger charge is 2.16. The van der Waals surface area contributed by atoms with Gasteiger partial charge in [-0.15, -0.1) is 0 Å². The summed E-state index contributed by atoms with van der Waals surface area (Å²) >= 11 is 6.23. The van der Waals surface area contributed by atoms with Crippen molar-refractivity contribution < 1.29 is 18.4 Å². The Morgan fingerprint density at radius 2 is 1.69 bits per heavy atom. The maximum atomic E-state index is 12.7. The van der Waals surface area contributed by atoms with E-state index < -0.39 is 11.7 Å². The van der Waals surface area contributed by atoms with E-state index in [-0.39, 0.29) is 39.2 Å². The van der Waals surface area contributed by atoms with Crippen LogP contribution in [0.2, 0.25) is 5.02 Å². The van der Waals surface area contributed by atoms with E-state index in [1.54, 1.807) is 32.0 Å². The summed E-state index contributed by atoms with van der Waals surface area (Å²) < 4.78 is 25.4. The molecule has 138 valence electrons. The van der Waals surface area contributed by atoms with Crippen LogP contribution in [0.1, 0.15) is 24.2 Å². The van der Waals surface area contributed by atoms with Crippen molar-refractivity contribution in [2.45, 2.75) is 24.5 Å². The van der Waals surface area contributed by atoms with Gasteiger partial charge in [-0.25, -0.2) is 0 Å². The van der Waals surface area contributed by atoms with E-state index in [4.69, 9.17) is 11.6 Å². The van der Waals surface area contributed by atoms with E-state index in [0.29, 0.717) is 11.3 Å². The molecule has 2 N–H and O–H groups in total. The summed E-state index contributed by atoms with van der Waals surface area (Å²) in [6.45, 7) is 3.55. The summed E-state index contributed by atoms with van der Waals surface area (Å²) in [6, 6.07) is 10.8. The van der Waals surface area contributed by atoms with E-state index >= 15 is 0 Å². The Morgan fingerprint density at radius 1 is 1.04 bits per heavy atom. The molecule has 0 aromatic heterocycles. The molecule has 0 heterocycles. The van der Waals surface area contributed by atoms with Gasteiger partial charge in [0.05, 0.1) is 15.6 Å². The summed E-state index contributed by atoms with van der Waals surface area (Å²) in [7, 11) is 0. The fourth-order valence-electron chi connectivity index (χ4n) is 2.00. The van der Waals surface area contributed by atoms with E-state index in [1.165, 1.54) is 24.3 Å². The number of anilines is 2. The summed E-state index contributed by atoms with van der Waals surface area (Å²) in [5.41, 5.74) is 1.10. The van der Waals surface area contributed by atoms with Crippen LogP contribution in [0.5, 0.6) is 0 Å². The zero-order chi connectivity index (χ0) is 19.3. The molecule has 0 unspecified atom stereocenters. The van der Waals surface area contributed by atoms with Crippen molar-refractivity contribution in [2.75, 3.05) is 10.6 Å². The number of amides is 2. The van der Waals surface area contributed by atoms with Crippen LogP contribution in [0, 0.1) is 5.92 Å². The van der Waals surface area contributed by atoms with Crippen LogP contribution >= 0.6 is 23.4 Å². The van der Waals surface area contributed by atoms with Gasteiger partial charge in [-0.05, 0) is 36.4 Å². The monoisotopic (exact) mass is 398 g/mol. The second-order valence-electron chi connectivity index (χ2n) is 5.67. The third-order valence-corrected chi connectivity index (χ3v) is 4.64. The second kappa shape index (κ2) is 9.00. The van der Waals surface area contributed by atoms with Crippen molar-refractivity contribution in [1.29, 1.82) is 0 Å². The van der Waals surface area contributed by atoms with Crippen LogP contribution in [0.3, 0.4) is 0 Å². The number of hydrogen-bond acceptors (Lipinski definition) is 3. The third kappa shape index (κ3) is 5.44. The Labute approximate surface area is 159 Å². The molecular weight excluding hydrogens is 382 g/mol. The molecule has 2 rings (SSSR count). The van der Waals surface area contributed by atoms with Gasteiger partial charge >= 0.3 is 0 Å². The van der Waals surface area contributed by atoms with Gasteiger partial charge in [0.15, 0.2) is 0 Å². The van der Waals surface area contributed by atoms with Crippen molar-refractivity contribution in [2.24, 2.45) is 5.92 Å². The van der Waals surface area contributed by atoms with Crippen molar-refractivity contribution in [3.8, 4) is 0 Å². The van der Waals surface area contributed by atoms with Crippen LogP contribution in [0.15, 0.2) is 47.4 Å². The topological polar surface area (TPSA) is 58.2 Å². The first-order valence-corrected chi connectivity index (χ1v) is 8.99. The number of halogens is 3. The van der Waals surface area contributed by atoms with E-state index in [0.717, 1.165) is 0 Å². The van der Waals surface area contributed by atoms with Crippen molar-refractivity contribution in [1.82, 2.24) is 0 Å². The van der Waals surface area contributed by atoms with Crippen LogP contribution in [0.25, 0.3) is 0 Å². The highest BCUT2D eigenvalue weighted by Crippen LogP contribution is 2.37. The van der Waals surface area contributed by atoms with Crippen LogP contribution in [-0.2, 0) is 4.79 Å². The number of carbonyl (C=O) groups excluding carboxylic acids is 2. The Bertz CT molecular complexity index is 798. The van der Waals surface area contributed by atoms with Crippen molar-refractivity contribution >= 4 is 46.6 Å². The molecular formula is C18H17ClF2N2O2S. The first-order chi connectivity index (χ1) is 12.3. The lowest BCUT2D eigenvalue weighted by Gasteiger charge is -2.12. The zero-order valence-corrected chi connectivity index (χ0v) is 15.6. The molecule has 0 atom stereocenters. The summed E-state index contributed by atoms with van der Waals surface area (Å²) in [5, 5.41) is 5.45. The SMILES string of the molecule is CC(C)C(=O)Nc1ccc(C(=O)Nc2cccc(Cl)c2SC(F)F)cc1. The maximum absolute atomic E-state index is 12.7. The lowest BCUT2D eigenvalue weighted by atomic mass is 10.1. The molecule has 2 amide bonds. The van der Waals surface area contributed by atoms with Gasteiger partial charge in [0.2, 0.25) is 5.91 Å². The molecule has 0 saturated carbocycles. The fraction of sp³-hybridized carbons (Fsp3) is 0.222. The smallest absolute Gasteiger partial charge is 0.289 e. The first kappa shape index (κ1) is 20.2. The van der Waals surface area contributed by atoms with E-state index in [2.05, 4.69) is 10.6 Å². The fourth-order valence-corrected chi connectivity index (χ4v) is 2.92. The number of alkyl halides is 2. The minimum Gasteiger partial charge on any atom is -0.326 e. The molecule has 0 radical (unpaired) electrons. The van der Waals surface area contributed by atoms with Crippen molar-refractivity contribution in [3.05, 3.63) is 53.1 Å². The molecule has 2 aromatic rings. The average molecular weight is 399 g/mol. The minimum absolute atomic E-state index is 0.110. The summed E-state index contributed by atoms with van der Waals surface area (Å²) in [6.07, 6.45) is 0. The number of rotatable bonds is 6. The highest BCUT2D eigenvalue weighted by molar-refractivity contribution is 7.99. The lowest BCUT2D eigenvalue weighted by molar-refractivity contribution is -0.118. The van der Waals surface area contributed by atoms with Gasteiger partial charge < -0.3 is 10.6 Å². The van der Waals surface area contributed by atoms with Gasteiger partial charge in [0, 0.05) is 17.2 Å². The quantitative estimate of drug-likeness (QED) is 0.631. The Balaban J connectivity index is 2.13. The summed E-state index contributed by atoms with van der Waals surface area (Å²) in [5.74, 6) is -3.42. The average Bonchev–Trinajstić information content (AvgIpc) is 2.58. The third-order valence-electron chi connectivity index (χ3n) is 3.36. The molecule has 0 aliphatic carbocycles. The molecule has 0 saturated heterocycles. The van der Waals surface area contributed by atoms with Gasteiger partial charge in [-0.3, -0.25) is 9.59 Å². The predicted molar refractivity (Wildman–Crippen MR) is 101 cm³/mol. The van der Waals surface area contributed by atoms with Gasteiger partial charge in [0.25, 0.3) is 11.7 Å². The van der Waals surface area contributed by atoms with Crippen LogP contribution < -0.4 is 10.6 Å². The molecule has 8 heteroatoms. The first-order valence-electron chi connectivity index (χ1n) is 7.73. The molecule has 0 fully saturated rings. The predicted octanol–water partition coefficient (Wildman–Crippen LogP) is 5.50. The van der Waals surface area contributed by atoms with Crippen molar-refractivity contribution in [3.63, 3.8) is 0 Å². The highest BCUT2D eigenvalue weighted by atomic mass is 35.5. The Kier molecular flexibility index (Phi) is 6.99. The molecule has 0 aliphatic heterocycles. The molecule has 0 spiro atoms. The normalized spacial score (nSPS) is 10.9. The number of benzene rings is 2. The maximum Gasteiger partial charge on any atom is 0.289 e. The lowest BCUT2D eigenvalue weighted by Crippen LogP contribution is -2.18. The van der Waals surface area contributed by atoms with Gasteiger partial charge in [0.1, 0.15) is 0 Å².